The normalized spacial score (nSPS) is 15.1. The van der Waals surface area contributed by atoms with Crippen LogP contribution in [0.2, 0.25) is 0 Å². The molecule has 9 nitrogen and oxygen atoms in total. The highest BCUT2D eigenvalue weighted by atomic mass is 16.4. The lowest BCUT2D eigenvalue weighted by Crippen LogP contribution is -2.42. The molecule has 2 heterocycles. The highest BCUT2D eigenvalue weighted by Gasteiger charge is 2.30. The first-order chi connectivity index (χ1) is 12.2. The number of fused-ring (bicyclic) bond motifs is 3. The molecule has 2 aromatic rings. The molecule has 0 aromatic carbocycles. The minimum Gasteiger partial charge on any atom is -0.505 e. The highest BCUT2D eigenvalue weighted by Crippen LogP contribution is 2.31. The maximum atomic E-state index is 12.9. The van der Waals surface area contributed by atoms with E-state index in [2.05, 4.69) is 10.4 Å². The van der Waals surface area contributed by atoms with E-state index in [1.165, 1.54) is 16.2 Å². The molecule has 1 aliphatic carbocycles. The van der Waals surface area contributed by atoms with Crippen molar-refractivity contribution >= 4 is 17.4 Å². The lowest BCUT2D eigenvalue weighted by molar-refractivity contribution is -0.138. The Labute approximate surface area is 149 Å². The molecule has 1 aliphatic rings. The maximum absolute atomic E-state index is 12.9. The molecule has 0 fully saturated rings. The molecule has 0 saturated heterocycles. The van der Waals surface area contributed by atoms with Gasteiger partial charge in [-0.05, 0) is 46.5 Å². The van der Waals surface area contributed by atoms with Crippen molar-refractivity contribution in [1.29, 1.82) is 0 Å². The minimum absolute atomic E-state index is 0.310. The second kappa shape index (κ2) is 6.47. The summed E-state index contributed by atoms with van der Waals surface area (Å²) in [5, 5.41) is 26.4. The van der Waals surface area contributed by atoms with Crippen LogP contribution in [0.5, 0.6) is 5.75 Å². The molecular formula is C17H22N4O5. The Balaban J connectivity index is 2.28. The maximum Gasteiger partial charge on any atom is 0.325 e. The summed E-state index contributed by atoms with van der Waals surface area (Å²) in [6, 6.07) is -1.50. The molecule has 1 amide bonds. The van der Waals surface area contributed by atoms with Crippen LogP contribution >= 0.6 is 0 Å². The standard InChI is InChI=1S/C17H22N4O5/c1-8(2)20-16(24)12(15(23)18-9(3)17(25)26)14(22)13-10-6-4-5-7-11(10)19-21(13)20/h8-9,22H,4-7H2,1-3H3,(H,18,23)(H,25,26)/t9-/m0/s1. The predicted octanol–water partition coefficient (Wildman–Crippen LogP) is 0.864. The van der Waals surface area contributed by atoms with Gasteiger partial charge in [0.05, 0.1) is 11.7 Å². The molecule has 0 spiro atoms. The Morgan fingerprint density at radius 3 is 2.46 bits per heavy atom. The molecule has 140 valence electrons. The van der Waals surface area contributed by atoms with Gasteiger partial charge in [0.25, 0.3) is 11.5 Å². The smallest absolute Gasteiger partial charge is 0.325 e. The van der Waals surface area contributed by atoms with E-state index in [0.717, 1.165) is 30.5 Å². The van der Waals surface area contributed by atoms with Gasteiger partial charge in [0.2, 0.25) is 0 Å². The molecule has 3 rings (SSSR count). The van der Waals surface area contributed by atoms with E-state index in [-0.39, 0.29) is 6.04 Å². The number of rotatable bonds is 4. The molecular weight excluding hydrogens is 340 g/mol. The Morgan fingerprint density at radius 1 is 1.19 bits per heavy atom. The lowest BCUT2D eigenvalue weighted by Gasteiger charge is -2.17. The van der Waals surface area contributed by atoms with Crippen LogP contribution in [0.4, 0.5) is 0 Å². The van der Waals surface area contributed by atoms with E-state index in [0.29, 0.717) is 11.9 Å². The number of carbonyl (C=O) groups excluding carboxylic acids is 1. The summed E-state index contributed by atoms with van der Waals surface area (Å²) in [4.78, 5) is 36.4. The van der Waals surface area contributed by atoms with Crippen LogP contribution in [0.1, 0.15) is 61.3 Å². The van der Waals surface area contributed by atoms with Crippen molar-refractivity contribution in [1.82, 2.24) is 19.7 Å². The second-order valence-corrected chi connectivity index (χ2v) is 6.87. The predicted molar refractivity (Wildman–Crippen MR) is 92.7 cm³/mol. The SMILES string of the molecule is CC(C)n1c(=O)c(C(=O)N[C@@H](C)C(=O)O)c(O)c2c3c(nn21)CCCC3. The van der Waals surface area contributed by atoms with Crippen molar-refractivity contribution in [2.24, 2.45) is 0 Å². The molecule has 1 atom stereocenters. The van der Waals surface area contributed by atoms with E-state index in [4.69, 9.17) is 5.11 Å². The quantitative estimate of drug-likeness (QED) is 0.741. The van der Waals surface area contributed by atoms with Gasteiger partial charge in [-0.25, -0.2) is 4.68 Å². The molecule has 0 unspecified atom stereocenters. The van der Waals surface area contributed by atoms with E-state index in [1.807, 2.05) is 0 Å². The fraction of sp³-hybridized carbons (Fsp3) is 0.529. The molecule has 2 aromatic heterocycles. The first kappa shape index (κ1) is 18.0. The number of hydrogen-bond donors (Lipinski definition) is 3. The second-order valence-electron chi connectivity index (χ2n) is 6.87. The van der Waals surface area contributed by atoms with Gasteiger partial charge >= 0.3 is 5.97 Å². The van der Waals surface area contributed by atoms with E-state index >= 15 is 0 Å². The van der Waals surface area contributed by atoms with Crippen LogP contribution in [0, 0.1) is 0 Å². The highest BCUT2D eigenvalue weighted by molar-refractivity contribution is 6.00. The third-order valence-electron chi connectivity index (χ3n) is 4.66. The van der Waals surface area contributed by atoms with Crippen molar-refractivity contribution in [2.45, 2.75) is 58.5 Å². The third kappa shape index (κ3) is 2.73. The molecule has 0 radical (unpaired) electrons. The number of carbonyl (C=O) groups is 2. The minimum atomic E-state index is -1.23. The van der Waals surface area contributed by atoms with Gasteiger partial charge in [0.1, 0.15) is 11.6 Å². The van der Waals surface area contributed by atoms with Crippen molar-refractivity contribution < 1.29 is 19.8 Å². The number of carboxylic acid groups (broad SMARTS) is 1. The number of nitrogens with one attached hydrogen (secondary N) is 1. The van der Waals surface area contributed by atoms with E-state index in [9.17, 15) is 19.5 Å². The summed E-state index contributed by atoms with van der Waals surface area (Å²) in [6.45, 7) is 4.84. The summed E-state index contributed by atoms with van der Waals surface area (Å²) in [7, 11) is 0. The van der Waals surface area contributed by atoms with Gasteiger partial charge in [-0.15, -0.1) is 0 Å². The Hall–Kier alpha value is -2.84. The number of hydrogen-bond acceptors (Lipinski definition) is 5. The molecule has 0 saturated carbocycles. The van der Waals surface area contributed by atoms with Crippen molar-refractivity contribution in [3.63, 3.8) is 0 Å². The van der Waals surface area contributed by atoms with Crippen LogP contribution in [-0.2, 0) is 17.6 Å². The average molecular weight is 362 g/mol. The molecule has 26 heavy (non-hydrogen) atoms. The van der Waals surface area contributed by atoms with Crippen molar-refractivity contribution in [3.8, 4) is 5.75 Å². The van der Waals surface area contributed by atoms with Crippen LogP contribution < -0.4 is 10.9 Å². The fourth-order valence-corrected chi connectivity index (χ4v) is 3.34. The molecule has 9 heteroatoms. The van der Waals surface area contributed by atoms with Crippen LogP contribution in [0.15, 0.2) is 4.79 Å². The van der Waals surface area contributed by atoms with Crippen LogP contribution in [-0.4, -0.2) is 42.5 Å². The molecule has 0 aliphatic heterocycles. The third-order valence-corrected chi connectivity index (χ3v) is 4.66. The van der Waals surface area contributed by atoms with Gasteiger partial charge in [0.15, 0.2) is 11.3 Å². The number of aryl methyl sites for hydroxylation is 2. The summed E-state index contributed by atoms with van der Waals surface area (Å²) >= 11 is 0. The van der Waals surface area contributed by atoms with Gasteiger partial charge < -0.3 is 15.5 Å². The number of aromatic hydroxyl groups is 1. The van der Waals surface area contributed by atoms with Crippen molar-refractivity contribution in [3.05, 3.63) is 27.2 Å². The summed E-state index contributed by atoms with van der Waals surface area (Å²) in [5.41, 5.74) is 0.842. The number of aromatic nitrogens is 3. The Bertz CT molecular complexity index is 956. The first-order valence-electron chi connectivity index (χ1n) is 8.66. The van der Waals surface area contributed by atoms with E-state index < -0.39 is 34.8 Å². The number of nitrogens with zero attached hydrogens (tertiary/aromatic N) is 3. The van der Waals surface area contributed by atoms with Crippen molar-refractivity contribution in [2.75, 3.05) is 0 Å². The van der Waals surface area contributed by atoms with Gasteiger partial charge in [0, 0.05) is 5.56 Å². The summed E-state index contributed by atoms with van der Waals surface area (Å²) < 4.78 is 2.70. The van der Waals surface area contributed by atoms with E-state index in [1.54, 1.807) is 13.8 Å². The summed E-state index contributed by atoms with van der Waals surface area (Å²) in [5.74, 6) is -2.59. The zero-order chi connectivity index (χ0) is 19.2. The number of carboxylic acids is 1. The zero-order valence-corrected chi connectivity index (χ0v) is 14.9. The van der Waals surface area contributed by atoms with Gasteiger partial charge in [-0.3, -0.25) is 14.4 Å². The largest absolute Gasteiger partial charge is 0.505 e. The van der Waals surface area contributed by atoms with Crippen LogP contribution in [0.3, 0.4) is 0 Å². The lowest BCUT2D eigenvalue weighted by atomic mass is 9.96. The van der Waals surface area contributed by atoms with Crippen LogP contribution in [0.25, 0.3) is 5.52 Å². The monoisotopic (exact) mass is 362 g/mol. The van der Waals surface area contributed by atoms with Gasteiger partial charge in [-0.2, -0.15) is 9.73 Å². The van der Waals surface area contributed by atoms with Gasteiger partial charge in [-0.1, -0.05) is 0 Å². The average Bonchev–Trinajstić information content (AvgIpc) is 2.93. The Morgan fingerprint density at radius 2 is 1.85 bits per heavy atom. The number of aliphatic carboxylic acids is 1. The molecule has 0 bridgehead atoms. The summed E-state index contributed by atoms with van der Waals surface area (Å²) in [6.07, 6.45) is 3.37. The first-order valence-corrected chi connectivity index (χ1v) is 8.66. The zero-order valence-electron chi connectivity index (χ0n) is 14.9. The fourth-order valence-electron chi connectivity index (χ4n) is 3.34. The topological polar surface area (TPSA) is 126 Å². The Kier molecular flexibility index (Phi) is 4.47. The molecule has 3 N–H and O–H groups in total. The number of amides is 1.